The Kier molecular flexibility index (Phi) is 8.92. The van der Waals surface area contributed by atoms with Crippen molar-refractivity contribution in [2.45, 2.75) is 6.54 Å². The van der Waals surface area contributed by atoms with E-state index in [9.17, 15) is 0 Å². The lowest BCUT2D eigenvalue weighted by atomic mass is 9.93. The van der Waals surface area contributed by atoms with Crippen molar-refractivity contribution < 1.29 is 4.42 Å². The normalized spacial score (nSPS) is 11.7. The Morgan fingerprint density at radius 3 is 1.82 bits per heavy atom. The molecule has 0 aliphatic rings. The van der Waals surface area contributed by atoms with Crippen LogP contribution in [0.3, 0.4) is 0 Å². The van der Waals surface area contributed by atoms with Gasteiger partial charge in [-0.25, -0.2) is 0 Å². The fourth-order valence-corrected chi connectivity index (χ4v) is 10.3. The SMILES string of the molecule is c1ccc(-c2ccc(N(Cc3ccccc3-n3c4ccccc4c4c5c(-c6ccc7ccccc7c6)cccc5ccc43)c3ccc(-c4cccc5c4oc4ccccc45)cc3)cc2)cc1. The summed E-state index contributed by atoms with van der Waals surface area (Å²) in [6.07, 6.45) is 0. The van der Waals surface area contributed by atoms with Gasteiger partial charge in [-0.05, 0) is 110 Å². The van der Waals surface area contributed by atoms with Crippen LogP contribution in [0.4, 0.5) is 11.4 Å². The topological polar surface area (TPSA) is 21.3 Å². The first-order chi connectivity index (χ1) is 32.7. The number of hydrogen-bond donors (Lipinski definition) is 0. The molecule has 0 aliphatic heterocycles. The lowest BCUT2D eigenvalue weighted by Gasteiger charge is -2.27. The monoisotopic (exact) mass is 842 g/mol. The molecule has 310 valence electrons. The van der Waals surface area contributed by atoms with Gasteiger partial charge in [0.15, 0.2) is 0 Å². The average Bonchev–Trinajstić information content (AvgIpc) is 3.94. The van der Waals surface area contributed by atoms with Gasteiger partial charge in [0.2, 0.25) is 0 Å². The summed E-state index contributed by atoms with van der Waals surface area (Å²) in [5.41, 5.74) is 15.8. The Morgan fingerprint density at radius 2 is 0.970 bits per heavy atom. The van der Waals surface area contributed by atoms with E-state index in [1.165, 1.54) is 71.2 Å². The van der Waals surface area contributed by atoms with Crippen LogP contribution in [0.2, 0.25) is 0 Å². The number of nitrogens with zero attached hydrogens (tertiary/aromatic N) is 2. The molecule has 2 heterocycles. The first-order valence-corrected chi connectivity index (χ1v) is 22.7. The van der Waals surface area contributed by atoms with Gasteiger partial charge in [-0.15, -0.1) is 0 Å². The van der Waals surface area contributed by atoms with Gasteiger partial charge >= 0.3 is 0 Å². The molecule has 13 rings (SSSR count). The fourth-order valence-electron chi connectivity index (χ4n) is 10.3. The molecule has 0 bridgehead atoms. The van der Waals surface area contributed by atoms with Gasteiger partial charge in [-0.1, -0.05) is 188 Å². The van der Waals surface area contributed by atoms with Crippen LogP contribution in [-0.2, 0) is 6.54 Å². The number of aromatic nitrogens is 1. The van der Waals surface area contributed by atoms with E-state index in [0.717, 1.165) is 50.1 Å². The number of para-hydroxylation sites is 4. The Balaban J connectivity index is 0.959. The number of rotatable bonds is 8. The predicted octanol–water partition coefficient (Wildman–Crippen LogP) is 17.3. The molecule has 0 radical (unpaired) electrons. The maximum atomic E-state index is 6.48. The molecule has 13 aromatic rings. The van der Waals surface area contributed by atoms with Crippen molar-refractivity contribution in [3.63, 3.8) is 0 Å². The first kappa shape index (κ1) is 37.9. The molecule has 0 saturated carbocycles. The number of fused-ring (bicyclic) bond motifs is 9. The Hall–Kier alpha value is -8.66. The van der Waals surface area contributed by atoms with Crippen LogP contribution in [0.1, 0.15) is 5.56 Å². The minimum Gasteiger partial charge on any atom is -0.455 e. The molecule has 0 saturated heterocycles. The van der Waals surface area contributed by atoms with Gasteiger partial charge < -0.3 is 13.9 Å². The third kappa shape index (κ3) is 6.28. The average molecular weight is 843 g/mol. The highest BCUT2D eigenvalue weighted by molar-refractivity contribution is 6.25. The van der Waals surface area contributed by atoms with Gasteiger partial charge in [0.25, 0.3) is 0 Å². The number of hydrogen-bond acceptors (Lipinski definition) is 2. The second-order valence-corrected chi connectivity index (χ2v) is 17.2. The number of benzene rings is 11. The lowest BCUT2D eigenvalue weighted by Crippen LogP contribution is -2.18. The highest BCUT2D eigenvalue weighted by Crippen LogP contribution is 2.43. The molecule has 0 fully saturated rings. The number of anilines is 2. The summed E-state index contributed by atoms with van der Waals surface area (Å²) in [4.78, 5) is 2.44. The summed E-state index contributed by atoms with van der Waals surface area (Å²) in [7, 11) is 0. The van der Waals surface area contributed by atoms with E-state index in [1.54, 1.807) is 0 Å². The van der Waals surface area contributed by atoms with Crippen molar-refractivity contribution in [3.05, 3.63) is 248 Å². The molecular formula is C63H42N2O. The minimum atomic E-state index is 0.642. The van der Waals surface area contributed by atoms with E-state index < -0.39 is 0 Å². The molecule has 2 aromatic heterocycles. The molecule has 0 spiro atoms. The predicted molar refractivity (Wildman–Crippen MR) is 278 cm³/mol. The van der Waals surface area contributed by atoms with Gasteiger partial charge in [0.05, 0.1) is 23.3 Å². The molecule has 0 amide bonds. The zero-order valence-electron chi connectivity index (χ0n) is 36.1. The highest BCUT2D eigenvalue weighted by atomic mass is 16.3. The standard InChI is InChI=1S/C63H42N2O/c1-2-14-42(15-3-1)44-30-35-50(36-31-44)64(51-37-32-45(33-38-51)53-23-13-24-55-54-20-8-11-27-60(54)66-63(53)55)41-49-18-6-9-25-57(49)65-58-26-10-7-21-56(58)62-59(65)39-34-46-19-12-22-52(61(46)62)48-29-28-43-16-4-5-17-47(43)40-48/h1-40H,41H2. The van der Waals surface area contributed by atoms with Crippen molar-refractivity contribution in [2.75, 3.05) is 4.90 Å². The van der Waals surface area contributed by atoms with Gasteiger partial charge in [0, 0.05) is 38.5 Å². The smallest absolute Gasteiger partial charge is 0.143 e. The fraction of sp³-hybridized carbons (Fsp3) is 0.0159. The van der Waals surface area contributed by atoms with Crippen molar-refractivity contribution >= 4 is 76.7 Å². The molecule has 0 unspecified atom stereocenters. The van der Waals surface area contributed by atoms with Crippen molar-refractivity contribution in [2.24, 2.45) is 0 Å². The molecule has 0 N–H and O–H groups in total. The third-order valence-electron chi connectivity index (χ3n) is 13.5. The summed E-state index contributed by atoms with van der Waals surface area (Å²) in [6, 6.07) is 88.0. The van der Waals surface area contributed by atoms with E-state index in [1.807, 2.05) is 12.1 Å². The van der Waals surface area contributed by atoms with E-state index in [2.05, 4.69) is 240 Å². The van der Waals surface area contributed by atoms with Crippen LogP contribution < -0.4 is 4.90 Å². The first-order valence-electron chi connectivity index (χ1n) is 22.7. The van der Waals surface area contributed by atoms with Gasteiger partial charge in [0.1, 0.15) is 11.2 Å². The molecule has 3 heteroatoms. The summed E-state index contributed by atoms with van der Waals surface area (Å²) >= 11 is 0. The summed E-state index contributed by atoms with van der Waals surface area (Å²) in [5.74, 6) is 0. The minimum absolute atomic E-state index is 0.642. The molecule has 0 atom stereocenters. The number of furan rings is 1. The Labute approximate surface area is 382 Å². The van der Waals surface area contributed by atoms with Crippen molar-refractivity contribution in [3.8, 4) is 39.1 Å². The Bertz CT molecular complexity index is 3950. The highest BCUT2D eigenvalue weighted by Gasteiger charge is 2.21. The van der Waals surface area contributed by atoms with Crippen LogP contribution in [0.25, 0.3) is 104 Å². The maximum absolute atomic E-state index is 6.48. The molecule has 3 nitrogen and oxygen atoms in total. The lowest BCUT2D eigenvalue weighted by molar-refractivity contribution is 0.670. The van der Waals surface area contributed by atoms with Crippen molar-refractivity contribution in [1.29, 1.82) is 0 Å². The summed E-state index contributed by atoms with van der Waals surface area (Å²) in [5, 5.41) is 9.77. The zero-order valence-corrected chi connectivity index (χ0v) is 36.1. The van der Waals surface area contributed by atoms with Crippen LogP contribution in [0, 0.1) is 0 Å². The second-order valence-electron chi connectivity index (χ2n) is 17.2. The van der Waals surface area contributed by atoms with Gasteiger partial charge in [-0.3, -0.25) is 0 Å². The van der Waals surface area contributed by atoms with E-state index in [0.29, 0.717) is 6.54 Å². The largest absolute Gasteiger partial charge is 0.455 e. The van der Waals surface area contributed by atoms with Crippen LogP contribution >= 0.6 is 0 Å². The second kappa shape index (κ2) is 15.5. The molecule has 11 aromatic carbocycles. The summed E-state index contributed by atoms with van der Waals surface area (Å²) < 4.78 is 8.97. The zero-order chi connectivity index (χ0) is 43.6. The van der Waals surface area contributed by atoms with Gasteiger partial charge in [-0.2, -0.15) is 0 Å². The van der Waals surface area contributed by atoms with E-state index in [-0.39, 0.29) is 0 Å². The Morgan fingerprint density at radius 1 is 0.364 bits per heavy atom. The molecule has 66 heavy (non-hydrogen) atoms. The summed E-state index contributed by atoms with van der Waals surface area (Å²) in [6.45, 7) is 0.642. The molecular weight excluding hydrogens is 801 g/mol. The van der Waals surface area contributed by atoms with Crippen LogP contribution in [0.5, 0.6) is 0 Å². The maximum Gasteiger partial charge on any atom is 0.143 e. The van der Waals surface area contributed by atoms with E-state index >= 15 is 0 Å². The van der Waals surface area contributed by atoms with E-state index in [4.69, 9.17) is 4.42 Å². The third-order valence-corrected chi connectivity index (χ3v) is 13.5. The van der Waals surface area contributed by atoms with Crippen LogP contribution in [-0.4, -0.2) is 4.57 Å². The molecule has 0 aliphatic carbocycles. The quantitative estimate of drug-likeness (QED) is 0.152. The van der Waals surface area contributed by atoms with Crippen LogP contribution in [0.15, 0.2) is 247 Å². The van der Waals surface area contributed by atoms with Crippen molar-refractivity contribution in [1.82, 2.24) is 4.57 Å².